The minimum Gasteiger partial charge on any atom is -0.468 e. The molecule has 0 N–H and O–H groups in total. The molecule has 1 saturated heterocycles. The molecule has 1 amide bonds. The lowest BCUT2D eigenvalue weighted by molar-refractivity contribution is -0.385. The average Bonchev–Trinajstić information content (AvgIpc) is 3.08. The van der Waals surface area contributed by atoms with Gasteiger partial charge in [-0.3, -0.25) is 19.8 Å². The summed E-state index contributed by atoms with van der Waals surface area (Å²) in [6.07, 6.45) is 1.65. The van der Waals surface area contributed by atoms with Crippen molar-refractivity contribution in [3.05, 3.63) is 63.6 Å². The number of amides is 1. The summed E-state index contributed by atoms with van der Waals surface area (Å²) in [4.78, 5) is 27.1. The van der Waals surface area contributed by atoms with Crippen molar-refractivity contribution in [2.45, 2.75) is 13.5 Å². The van der Waals surface area contributed by atoms with Gasteiger partial charge in [-0.05, 0) is 25.1 Å². The number of hydrogen-bond acceptors (Lipinski definition) is 5. The van der Waals surface area contributed by atoms with Gasteiger partial charge >= 0.3 is 0 Å². The lowest BCUT2D eigenvalue weighted by Crippen LogP contribution is -2.48. The quantitative estimate of drug-likeness (QED) is 0.636. The molecule has 1 aliphatic heterocycles. The number of furan rings is 1. The van der Waals surface area contributed by atoms with Gasteiger partial charge < -0.3 is 9.32 Å². The fourth-order valence-electron chi connectivity index (χ4n) is 2.85. The first-order chi connectivity index (χ1) is 11.5. The highest BCUT2D eigenvalue weighted by Gasteiger charge is 2.24. The van der Waals surface area contributed by atoms with Crippen LogP contribution in [0.3, 0.4) is 0 Å². The summed E-state index contributed by atoms with van der Waals surface area (Å²) in [5, 5.41) is 11.0. The second-order valence-electron chi connectivity index (χ2n) is 5.91. The highest BCUT2D eigenvalue weighted by molar-refractivity contribution is 5.95. The van der Waals surface area contributed by atoms with Gasteiger partial charge in [-0.25, -0.2) is 0 Å². The second-order valence-corrected chi connectivity index (χ2v) is 5.91. The van der Waals surface area contributed by atoms with Gasteiger partial charge in [0.15, 0.2) is 0 Å². The van der Waals surface area contributed by atoms with Crippen LogP contribution in [0.15, 0.2) is 41.0 Å². The van der Waals surface area contributed by atoms with Crippen molar-refractivity contribution in [3.8, 4) is 0 Å². The number of carbonyl (C=O) groups is 1. The zero-order valence-corrected chi connectivity index (χ0v) is 13.5. The summed E-state index contributed by atoms with van der Waals surface area (Å²) in [7, 11) is 0. The lowest BCUT2D eigenvalue weighted by Gasteiger charge is -2.34. The fraction of sp³-hybridized carbons (Fsp3) is 0.353. The third kappa shape index (κ3) is 3.46. The molecule has 0 aliphatic carbocycles. The van der Waals surface area contributed by atoms with Gasteiger partial charge in [0.1, 0.15) is 5.76 Å². The molecule has 3 rings (SSSR count). The molecular formula is C17H19N3O4. The zero-order valence-electron chi connectivity index (χ0n) is 13.5. The summed E-state index contributed by atoms with van der Waals surface area (Å²) in [5.41, 5.74) is 0.906. The van der Waals surface area contributed by atoms with Crippen LogP contribution in [-0.2, 0) is 6.54 Å². The minimum absolute atomic E-state index is 0.0164. The van der Waals surface area contributed by atoms with E-state index in [9.17, 15) is 14.9 Å². The summed E-state index contributed by atoms with van der Waals surface area (Å²) < 4.78 is 5.34. The third-order valence-electron chi connectivity index (χ3n) is 4.27. The van der Waals surface area contributed by atoms with Crippen molar-refractivity contribution >= 4 is 11.6 Å². The maximum Gasteiger partial charge on any atom is 0.273 e. The number of nitrogens with zero attached hydrogens (tertiary/aromatic N) is 3. The molecule has 7 nitrogen and oxygen atoms in total. The Balaban J connectivity index is 1.63. The number of nitro groups is 1. The Labute approximate surface area is 139 Å². The maximum atomic E-state index is 12.6. The molecule has 0 atom stereocenters. The molecule has 1 fully saturated rings. The van der Waals surface area contributed by atoms with E-state index in [4.69, 9.17) is 4.42 Å². The molecule has 0 bridgehead atoms. The van der Waals surface area contributed by atoms with Crippen LogP contribution in [0.1, 0.15) is 21.7 Å². The first-order valence-electron chi connectivity index (χ1n) is 7.83. The largest absolute Gasteiger partial charge is 0.468 e. The van der Waals surface area contributed by atoms with Gasteiger partial charge in [0, 0.05) is 43.4 Å². The number of hydrogen-bond donors (Lipinski definition) is 0. The van der Waals surface area contributed by atoms with Crippen LogP contribution in [0, 0.1) is 17.0 Å². The topological polar surface area (TPSA) is 79.8 Å². The van der Waals surface area contributed by atoms with E-state index in [1.807, 2.05) is 12.1 Å². The molecule has 2 aromatic rings. The van der Waals surface area contributed by atoms with E-state index in [-0.39, 0.29) is 11.6 Å². The van der Waals surface area contributed by atoms with Crippen LogP contribution in [0.5, 0.6) is 0 Å². The van der Waals surface area contributed by atoms with E-state index in [0.717, 1.165) is 25.4 Å². The second kappa shape index (κ2) is 6.84. The van der Waals surface area contributed by atoms with E-state index < -0.39 is 4.92 Å². The van der Waals surface area contributed by atoms with Crippen LogP contribution in [-0.4, -0.2) is 46.8 Å². The highest BCUT2D eigenvalue weighted by Crippen LogP contribution is 2.21. The number of aryl methyl sites for hydroxylation is 1. The molecule has 7 heteroatoms. The zero-order chi connectivity index (χ0) is 17.1. The van der Waals surface area contributed by atoms with Gasteiger partial charge in [-0.2, -0.15) is 0 Å². The van der Waals surface area contributed by atoms with Crippen LogP contribution in [0.2, 0.25) is 0 Å². The van der Waals surface area contributed by atoms with Crippen LogP contribution >= 0.6 is 0 Å². The van der Waals surface area contributed by atoms with E-state index in [0.29, 0.717) is 24.2 Å². The van der Waals surface area contributed by atoms with Gasteiger partial charge in [0.2, 0.25) is 0 Å². The summed E-state index contributed by atoms with van der Waals surface area (Å²) in [6.45, 7) is 5.09. The molecule has 0 radical (unpaired) electrons. The fourth-order valence-corrected chi connectivity index (χ4v) is 2.85. The van der Waals surface area contributed by atoms with Gasteiger partial charge in [-0.1, -0.05) is 6.07 Å². The molecule has 1 aromatic heterocycles. The van der Waals surface area contributed by atoms with Crippen molar-refractivity contribution in [2.75, 3.05) is 26.2 Å². The number of rotatable bonds is 4. The Morgan fingerprint density at radius 2 is 2.00 bits per heavy atom. The van der Waals surface area contributed by atoms with Gasteiger partial charge in [0.05, 0.1) is 17.7 Å². The standard InChI is InChI=1S/C17H19N3O4/c1-13-4-5-14(11-16(13)20(22)23)17(21)19-8-6-18(7-9-19)12-15-3-2-10-24-15/h2-5,10-11H,6-9,12H2,1H3. The highest BCUT2D eigenvalue weighted by atomic mass is 16.6. The maximum absolute atomic E-state index is 12.6. The van der Waals surface area contributed by atoms with E-state index >= 15 is 0 Å². The molecule has 0 spiro atoms. The predicted octanol–water partition coefficient (Wildman–Crippen LogP) is 2.45. The first-order valence-corrected chi connectivity index (χ1v) is 7.83. The minimum atomic E-state index is -0.451. The number of benzene rings is 1. The van der Waals surface area contributed by atoms with Crippen molar-refractivity contribution in [1.29, 1.82) is 0 Å². The van der Waals surface area contributed by atoms with E-state index in [2.05, 4.69) is 4.90 Å². The van der Waals surface area contributed by atoms with Crippen molar-refractivity contribution in [3.63, 3.8) is 0 Å². The number of carbonyl (C=O) groups excluding carboxylic acids is 1. The Hall–Kier alpha value is -2.67. The van der Waals surface area contributed by atoms with Crippen LogP contribution in [0.25, 0.3) is 0 Å². The molecule has 2 heterocycles. The predicted molar refractivity (Wildman–Crippen MR) is 87.7 cm³/mol. The molecule has 1 aliphatic rings. The van der Waals surface area contributed by atoms with E-state index in [1.165, 1.54) is 6.07 Å². The smallest absolute Gasteiger partial charge is 0.273 e. The summed E-state index contributed by atoms with van der Waals surface area (Å²) >= 11 is 0. The van der Waals surface area contributed by atoms with Crippen LogP contribution < -0.4 is 0 Å². The Morgan fingerprint density at radius 1 is 1.25 bits per heavy atom. The lowest BCUT2D eigenvalue weighted by atomic mass is 10.1. The average molecular weight is 329 g/mol. The molecule has 126 valence electrons. The van der Waals surface area contributed by atoms with Crippen molar-refractivity contribution < 1.29 is 14.1 Å². The van der Waals surface area contributed by atoms with Gasteiger partial charge in [-0.15, -0.1) is 0 Å². The Kier molecular flexibility index (Phi) is 4.61. The van der Waals surface area contributed by atoms with Gasteiger partial charge in [0.25, 0.3) is 11.6 Å². The molecule has 1 aromatic carbocycles. The Morgan fingerprint density at radius 3 is 2.62 bits per heavy atom. The Bertz CT molecular complexity index is 734. The molecule has 0 unspecified atom stereocenters. The number of piperazine rings is 1. The molecule has 0 saturated carbocycles. The third-order valence-corrected chi connectivity index (χ3v) is 4.27. The monoisotopic (exact) mass is 329 g/mol. The normalized spacial score (nSPS) is 15.5. The first kappa shape index (κ1) is 16.2. The van der Waals surface area contributed by atoms with Crippen molar-refractivity contribution in [2.24, 2.45) is 0 Å². The summed E-state index contributed by atoms with van der Waals surface area (Å²) in [5.74, 6) is 0.750. The van der Waals surface area contributed by atoms with Crippen molar-refractivity contribution in [1.82, 2.24) is 9.80 Å². The molecule has 24 heavy (non-hydrogen) atoms. The van der Waals surface area contributed by atoms with Crippen LogP contribution in [0.4, 0.5) is 5.69 Å². The number of nitro benzene ring substituents is 1. The van der Waals surface area contributed by atoms with E-state index in [1.54, 1.807) is 30.2 Å². The summed E-state index contributed by atoms with van der Waals surface area (Å²) in [6, 6.07) is 8.44. The molecular weight excluding hydrogens is 310 g/mol. The SMILES string of the molecule is Cc1ccc(C(=O)N2CCN(Cc3ccco3)CC2)cc1[N+](=O)[O-].